The molecule has 0 radical (unpaired) electrons. The Hall–Kier alpha value is -2.02. The third kappa shape index (κ3) is 7.54. The second kappa shape index (κ2) is 9.96. The SMILES string of the molecule is CC(C)COCC(NC(=O)C1CCC(NC(=O)OC(C)(C)C)C1)c1ccco1. The Morgan fingerprint density at radius 3 is 2.61 bits per heavy atom. The van der Waals surface area contributed by atoms with Gasteiger partial charge in [-0.2, -0.15) is 0 Å². The van der Waals surface area contributed by atoms with Gasteiger partial charge in [-0.25, -0.2) is 4.79 Å². The smallest absolute Gasteiger partial charge is 0.407 e. The average molecular weight is 395 g/mol. The third-order valence-corrected chi connectivity index (χ3v) is 4.46. The van der Waals surface area contributed by atoms with Gasteiger partial charge in [0.15, 0.2) is 0 Å². The van der Waals surface area contributed by atoms with Crippen molar-refractivity contribution < 1.29 is 23.5 Å². The standard InChI is InChI=1S/C21H34N2O5/c1-14(2)12-26-13-17(18-7-6-10-27-18)23-19(24)15-8-9-16(11-15)22-20(25)28-21(3,4)5/h6-7,10,14-17H,8-9,11-13H2,1-5H3,(H,22,25)(H,23,24). The number of furan rings is 1. The lowest BCUT2D eigenvalue weighted by Gasteiger charge is -2.22. The van der Waals surface area contributed by atoms with E-state index >= 15 is 0 Å². The highest BCUT2D eigenvalue weighted by molar-refractivity contribution is 5.79. The Bertz CT molecular complexity index is 621. The zero-order chi connectivity index (χ0) is 20.7. The highest BCUT2D eigenvalue weighted by atomic mass is 16.6. The van der Waals surface area contributed by atoms with Gasteiger partial charge in [-0.1, -0.05) is 13.8 Å². The highest BCUT2D eigenvalue weighted by Gasteiger charge is 2.33. The molecule has 0 aromatic carbocycles. The third-order valence-electron chi connectivity index (χ3n) is 4.46. The first kappa shape index (κ1) is 22.3. The van der Waals surface area contributed by atoms with Crippen LogP contribution >= 0.6 is 0 Å². The molecule has 0 saturated heterocycles. The molecule has 0 spiro atoms. The summed E-state index contributed by atoms with van der Waals surface area (Å²) in [6, 6.07) is 3.27. The molecule has 1 aliphatic rings. The zero-order valence-electron chi connectivity index (χ0n) is 17.6. The normalized spacial score (nSPS) is 20.8. The van der Waals surface area contributed by atoms with Crippen LogP contribution in [0.5, 0.6) is 0 Å². The monoisotopic (exact) mass is 394 g/mol. The van der Waals surface area contributed by atoms with Gasteiger partial charge in [0.25, 0.3) is 0 Å². The van der Waals surface area contributed by atoms with Crippen LogP contribution in [0.1, 0.15) is 65.7 Å². The number of hydrogen-bond donors (Lipinski definition) is 2. The molecule has 0 bridgehead atoms. The lowest BCUT2D eigenvalue weighted by molar-refractivity contribution is -0.126. The van der Waals surface area contributed by atoms with Crippen LogP contribution in [0.4, 0.5) is 4.79 Å². The molecule has 1 aromatic rings. The predicted molar refractivity (Wildman–Crippen MR) is 106 cm³/mol. The van der Waals surface area contributed by atoms with E-state index in [9.17, 15) is 9.59 Å². The van der Waals surface area contributed by atoms with Crippen LogP contribution in [0.15, 0.2) is 22.8 Å². The Labute approximate surface area is 167 Å². The van der Waals surface area contributed by atoms with Crippen LogP contribution in [-0.4, -0.2) is 36.9 Å². The number of nitrogens with one attached hydrogen (secondary N) is 2. The van der Waals surface area contributed by atoms with Gasteiger partial charge in [-0.05, 0) is 58.1 Å². The van der Waals surface area contributed by atoms with E-state index in [4.69, 9.17) is 13.9 Å². The molecule has 1 aliphatic carbocycles. The molecule has 1 fully saturated rings. The van der Waals surface area contributed by atoms with Gasteiger partial charge >= 0.3 is 6.09 Å². The highest BCUT2D eigenvalue weighted by Crippen LogP contribution is 2.27. The fourth-order valence-electron chi connectivity index (χ4n) is 3.22. The molecule has 3 atom stereocenters. The molecule has 7 heteroatoms. The molecular weight excluding hydrogens is 360 g/mol. The van der Waals surface area contributed by atoms with E-state index in [1.807, 2.05) is 26.8 Å². The van der Waals surface area contributed by atoms with E-state index in [2.05, 4.69) is 24.5 Å². The Kier molecular flexibility index (Phi) is 7.92. The van der Waals surface area contributed by atoms with Gasteiger partial charge in [0.1, 0.15) is 17.4 Å². The van der Waals surface area contributed by atoms with Crippen LogP contribution < -0.4 is 10.6 Å². The van der Waals surface area contributed by atoms with Crippen molar-refractivity contribution in [2.75, 3.05) is 13.2 Å². The zero-order valence-corrected chi connectivity index (χ0v) is 17.6. The summed E-state index contributed by atoms with van der Waals surface area (Å²) in [5, 5.41) is 5.91. The summed E-state index contributed by atoms with van der Waals surface area (Å²) in [7, 11) is 0. The van der Waals surface area contributed by atoms with Crippen molar-refractivity contribution in [3.05, 3.63) is 24.2 Å². The molecule has 0 aliphatic heterocycles. The Morgan fingerprint density at radius 2 is 2.00 bits per heavy atom. The van der Waals surface area contributed by atoms with Crippen LogP contribution in [0.2, 0.25) is 0 Å². The Balaban J connectivity index is 1.85. The summed E-state index contributed by atoms with van der Waals surface area (Å²) in [5.41, 5.74) is -0.536. The number of alkyl carbamates (subject to hydrolysis) is 1. The lowest BCUT2D eigenvalue weighted by atomic mass is 10.1. The van der Waals surface area contributed by atoms with Crippen molar-refractivity contribution in [3.8, 4) is 0 Å². The summed E-state index contributed by atoms with van der Waals surface area (Å²) < 4.78 is 16.5. The molecule has 3 unspecified atom stereocenters. The predicted octanol–water partition coefficient (Wildman–Crippen LogP) is 3.80. The van der Waals surface area contributed by atoms with Crippen molar-refractivity contribution in [3.63, 3.8) is 0 Å². The van der Waals surface area contributed by atoms with Gasteiger partial charge in [0, 0.05) is 18.6 Å². The maximum Gasteiger partial charge on any atom is 0.407 e. The fourth-order valence-corrected chi connectivity index (χ4v) is 3.22. The van der Waals surface area contributed by atoms with Crippen molar-refractivity contribution in [2.45, 2.75) is 71.6 Å². The maximum atomic E-state index is 12.8. The first-order valence-corrected chi connectivity index (χ1v) is 10.0. The molecule has 2 amide bonds. The largest absolute Gasteiger partial charge is 0.467 e. The summed E-state index contributed by atoms with van der Waals surface area (Å²) in [6.45, 7) is 10.6. The lowest BCUT2D eigenvalue weighted by Crippen LogP contribution is -2.39. The van der Waals surface area contributed by atoms with E-state index in [1.165, 1.54) is 0 Å². The van der Waals surface area contributed by atoms with E-state index in [0.29, 0.717) is 31.3 Å². The molecule has 1 heterocycles. The topological polar surface area (TPSA) is 89.8 Å². The number of amides is 2. The number of hydrogen-bond acceptors (Lipinski definition) is 5. The van der Waals surface area contributed by atoms with Crippen molar-refractivity contribution in [1.82, 2.24) is 10.6 Å². The molecule has 1 aromatic heterocycles. The molecule has 7 nitrogen and oxygen atoms in total. The summed E-state index contributed by atoms with van der Waals surface area (Å²) >= 11 is 0. The molecule has 2 rings (SSSR count). The average Bonchev–Trinajstić information content (AvgIpc) is 3.23. The number of ether oxygens (including phenoxy) is 2. The minimum absolute atomic E-state index is 0.0389. The van der Waals surface area contributed by atoms with Crippen LogP contribution in [-0.2, 0) is 14.3 Å². The second-order valence-corrected chi connectivity index (χ2v) is 8.86. The van der Waals surface area contributed by atoms with E-state index in [0.717, 1.165) is 12.8 Å². The minimum atomic E-state index is -0.536. The van der Waals surface area contributed by atoms with Crippen LogP contribution in [0.3, 0.4) is 0 Å². The molecule has 28 heavy (non-hydrogen) atoms. The van der Waals surface area contributed by atoms with Crippen molar-refractivity contribution in [2.24, 2.45) is 11.8 Å². The molecule has 1 saturated carbocycles. The first-order valence-electron chi connectivity index (χ1n) is 10.0. The number of rotatable bonds is 8. The first-order chi connectivity index (χ1) is 13.1. The maximum absolute atomic E-state index is 12.8. The molecule has 2 N–H and O–H groups in total. The summed E-state index contributed by atoms with van der Waals surface area (Å²) in [4.78, 5) is 24.7. The number of carbonyl (C=O) groups is 2. The second-order valence-electron chi connectivity index (χ2n) is 8.86. The van der Waals surface area contributed by atoms with Crippen molar-refractivity contribution >= 4 is 12.0 Å². The minimum Gasteiger partial charge on any atom is -0.467 e. The van der Waals surface area contributed by atoms with Gasteiger partial charge in [-0.15, -0.1) is 0 Å². The van der Waals surface area contributed by atoms with Crippen LogP contribution in [0, 0.1) is 11.8 Å². The molecule has 158 valence electrons. The van der Waals surface area contributed by atoms with Gasteiger partial charge in [0.05, 0.1) is 12.9 Å². The van der Waals surface area contributed by atoms with E-state index in [1.54, 1.807) is 12.3 Å². The molecular formula is C21H34N2O5. The van der Waals surface area contributed by atoms with Crippen LogP contribution in [0.25, 0.3) is 0 Å². The van der Waals surface area contributed by atoms with Gasteiger partial charge in [-0.3, -0.25) is 4.79 Å². The Morgan fingerprint density at radius 1 is 1.25 bits per heavy atom. The van der Waals surface area contributed by atoms with Gasteiger partial charge in [0.2, 0.25) is 5.91 Å². The van der Waals surface area contributed by atoms with E-state index in [-0.39, 0.29) is 23.9 Å². The van der Waals surface area contributed by atoms with Crippen molar-refractivity contribution in [1.29, 1.82) is 0 Å². The summed E-state index contributed by atoms with van der Waals surface area (Å²) in [6.07, 6.45) is 3.24. The number of carbonyl (C=O) groups excluding carboxylic acids is 2. The van der Waals surface area contributed by atoms with Gasteiger partial charge < -0.3 is 24.5 Å². The fraction of sp³-hybridized carbons (Fsp3) is 0.714. The quantitative estimate of drug-likeness (QED) is 0.700. The summed E-state index contributed by atoms with van der Waals surface area (Å²) in [5.74, 6) is 0.909. The van der Waals surface area contributed by atoms with E-state index < -0.39 is 11.7 Å².